The van der Waals surface area contributed by atoms with Gasteiger partial charge in [0.05, 0.1) is 12.3 Å². The SMILES string of the molecule is Nc1n[nH]c(CO)c1-c1ccc(F)cc1. The van der Waals surface area contributed by atoms with Gasteiger partial charge in [0.1, 0.15) is 5.82 Å². The van der Waals surface area contributed by atoms with Gasteiger partial charge in [0.2, 0.25) is 0 Å². The molecule has 0 bridgehead atoms. The first-order valence-electron chi connectivity index (χ1n) is 4.42. The predicted molar refractivity (Wildman–Crippen MR) is 54.3 cm³/mol. The normalized spacial score (nSPS) is 10.5. The Morgan fingerprint density at radius 2 is 2.00 bits per heavy atom. The molecule has 0 unspecified atom stereocenters. The molecule has 4 nitrogen and oxygen atoms in total. The van der Waals surface area contributed by atoms with Crippen LogP contribution in [-0.4, -0.2) is 15.3 Å². The van der Waals surface area contributed by atoms with Crippen molar-refractivity contribution < 1.29 is 9.50 Å². The standard InChI is InChI=1S/C10H10FN3O/c11-7-3-1-6(2-4-7)9-8(5-15)13-14-10(9)12/h1-4,15H,5H2,(H3,12,13,14). The average molecular weight is 207 g/mol. The van der Waals surface area contributed by atoms with Crippen molar-refractivity contribution in [2.24, 2.45) is 0 Å². The summed E-state index contributed by atoms with van der Waals surface area (Å²) in [4.78, 5) is 0. The minimum absolute atomic E-state index is 0.184. The fraction of sp³-hybridized carbons (Fsp3) is 0.100. The summed E-state index contributed by atoms with van der Waals surface area (Å²) in [5, 5.41) is 15.5. The van der Waals surface area contributed by atoms with Crippen molar-refractivity contribution in [1.29, 1.82) is 0 Å². The third-order valence-electron chi connectivity index (χ3n) is 2.16. The lowest BCUT2D eigenvalue weighted by molar-refractivity contribution is 0.277. The quantitative estimate of drug-likeness (QED) is 0.694. The summed E-state index contributed by atoms with van der Waals surface area (Å²) >= 11 is 0. The van der Waals surface area contributed by atoms with Crippen LogP contribution < -0.4 is 5.73 Å². The molecule has 2 rings (SSSR count). The largest absolute Gasteiger partial charge is 0.390 e. The highest BCUT2D eigenvalue weighted by Gasteiger charge is 2.11. The van der Waals surface area contributed by atoms with Gasteiger partial charge in [-0.3, -0.25) is 5.10 Å². The Labute approximate surface area is 85.6 Å². The van der Waals surface area contributed by atoms with E-state index in [4.69, 9.17) is 10.8 Å². The molecular weight excluding hydrogens is 197 g/mol. The van der Waals surface area contributed by atoms with Crippen LogP contribution in [-0.2, 0) is 6.61 Å². The molecule has 1 aromatic heterocycles. The molecular formula is C10H10FN3O. The molecule has 0 fully saturated rings. The van der Waals surface area contributed by atoms with E-state index < -0.39 is 0 Å². The van der Waals surface area contributed by atoms with Gasteiger partial charge in [-0.25, -0.2) is 4.39 Å². The number of nitrogens with two attached hydrogens (primary N) is 1. The zero-order valence-electron chi connectivity index (χ0n) is 7.87. The first-order chi connectivity index (χ1) is 7.22. The van der Waals surface area contributed by atoms with Crippen LogP contribution in [0.25, 0.3) is 11.1 Å². The summed E-state index contributed by atoms with van der Waals surface area (Å²) < 4.78 is 12.7. The van der Waals surface area contributed by atoms with Gasteiger partial charge in [-0.1, -0.05) is 12.1 Å². The summed E-state index contributed by atoms with van der Waals surface area (Å²) in [6.45, 7) is -0.184. The molecule has 0 spiro atoms. The number of aromatic amines is 1. The molecule has 0 saturated carbocycles. The van der Waals surface area contributed by atoms with Gasteiger partial charge >= 0.3 is 0 Å². The number of nitrogens with zero attached hydrogens (tertiary/aromatic N) is 1. The Bertz CT molecular complexity index is 464. The fourth-order valence-corrected chi connectivity index (χ4v) is 1.45. The number of hydrogen-bond acceptors (Lipinski definition) is 3. The second-order valence-electron chi connectivity index (χ2n) is 3.13. The summed E-state index contributed by atoms with van der Waals surface area (Å²) in [6.07, 6.45) is 0. The molecule has 0 amide bonds. The Morgan fingerprint density at radius 3 is 2.60 bits per heavy atom. The van der Waals surface area contributed by atoms with Crippen LogP contribution in [0.1, 0.15) is 5.69 Å². The molecule has 4 N–H and O–H groups in total. The van der Waals surface area contributed by atoms with Crippen LogP contribution in [0.5, 0.6) is 0 Å². The molecule has 0 aliphatic rings. The van der Waals surface area contributed by atoms with Crippen molar-refractivity contribution in [2.45, 2.75) is 6.61 Å². The minimum atomic E-state index is -0.314. The van der Waals surface area contributed by atoms with Crippen LogP contribution in [0.3, 0.4) is 0 Å². The van der Waals surface area contributed by atoms with Crippen molar-refractivity contribution >= 4 is 5.82 Å². The number of aromatic nitrogens is 2. The van der Waals surface area contributed by atoms with Crippen molar-refractivity contribution in [1.82, 2.24) is 10.2 Å². The van der Waals surface area contributed by atoms with E-state index in [1.165, 1.54) is 12.1 Å². The molecule has 0 saturated heterocycles. The Hall–Kier alpha value is -1.88. The van der Waals surface area contributed by atoms with Crippen LogP contribution in [0, 0.1) is 5.82 Å². The monoisotopic (exact) mass is 207 g/mol. The number of benzene rings is 1. The number of hydrogen-bond donors (Lipinski definition) is 3. The predicted octanol–water partition coefficient (Wildman–Crippen LogP) is 1.29. The molecule has 0 radical (unpaired) electrons. The van der Waals surface area contributed by atoms with Crippen LogP contribution in [0.4, 0.5) is 10.2 Å². The van der Waals surface area contributed by atoms with Gasteiger partial charge in [-0.2, -0.15) is 5.10 Å². The van der Waals surface area contributed by atoms with Gasteiger partial charge in [-0.05, 0) is 17.7 Å². The lowest BCUT2D eigenvalue weighted by atomic mass is 10.1. The second-order valence-corrected chi connectivity index (χ2v) is 3.13. The lowest BCUT2D eigenvalue weighted by Gasteiger charge is -2.01. The molecule has 0 atom stereocenters. The molecule has 2 aromatic rings. The number of nitrogen functional groups attached to an aromatic ring is 1. The third kappa shape index (κ3) is 1.69. The Kier molecular flexibility index (Phi) is 2.39. The maximum atomic E-state index is 12.7. The molecule has 78 valence electrons. The van der Waals surface area contributed by atoms with Crippen LogP contribution in [0.15, 0.2) is 24.3 Å². The molecule has 0 aliphatic carbocycles. The average Bonchev–Trinajstić information content (AvgIpc) is 2.61. The summed E-state index contributed by atoms with van der Waals surface area (Å²) in [6, 6.07) is 5.86. The van der Waals surface area contributed by atoms with Crippen molar-refractivity contribution in [3.63, 3.8) is 0 Å². The van der Waals surface area contributed by atoms with Crippen molar-refractivity contribution in [3.05, 3.63) is 35.8 Å². The fourth-order valence-electron chi connectivity index (χ4n) is 1.45. The highest BCUT2D eigenvalue weighted by atomic mass is 19.1. The van der Waals surface area contributed by atoms with E-state index in [-0.39, 0.29) is 12.4 Å². The number of aliphatic hydroxyl groups excluding tert-OH is 1. The first kappa shape index (κ1) is 9.67. The molecule has 1 aromatic carbocycles. The third-order valence-corrected chi connectivity index (χ3v) is 2.16. The summed E-state index contributed by atoms with van der Waals surface area (Å²) in [5.41, 5.74) is 7.52. The maximum Gasteiger partial charge on any atom is 0.153 e. The second kappa shape index (κ2) is 3.70. The van der Waals surface area contributed by atoms with Crippen LogP contribution in [0.2, 0.25) is 0 Å². The maximum absolute atomic E-state index is 12.7. The number of rotatable bonds is 2. The number of anilines is 1. The molecule has 15 heavy (non-hydrogen) atoms. The number of halogens is 1. The minimum Gasteiger partial charge on any atom is -0.390 e. The summed E-state index contributed by atoms with van der Waals surface area (Å²) in [5.74, 6) is -0.0166. The highest BCUT2D eigenvalue weighted by molar-refractivity contribution is 5.75. The van der Waals surface area contributed by atoms with Gasteiger partial charge < -0.3 is 10.8 Å². The van der Waals surface area contributed by atoms with E-state index in [2.05, 4.69) is 10.2 Å². The lowest BCUT2D eigenvalue weighted by Crippen LogP contribution is -1.90. The van der Waals surface area contributed by atoms with E-state index in [1.807, 2.05) is 0 Å². The van der Waals surface area contributed by atoms with Crippen LogP contribution >= 0.6 is 0 Å². The zero-order chi connectivity index (χ0) is 10.8. The van der Waals surface area contributed by atoms with E-state index in [1.54, 1.807) is 12.1 Å². The molecule has 5 heteroatoms. The van der Waals surface area contributed by atoms with Gasteiger partial charge in [-0.15, -0.1) is 0 Å². The van der Waals surface area contributed by atoms with E-state index >= 15 is 0 Å². The summed E-state index contributed by atoms with van der Waals surface area (Å²) in [7, 11) is 0. The molecule has 1 heterocycles. The van der Waals surface area contributed by atoms with Crippen molar-refractivity contribution in [2.75, 3.05) is 5.73 Å². The highest BCUT2D eigenvalue weighted by Crippen LogP contribution is 2.27. The van der Waals surface area contributed by atoms with Gasteiger partial charge in [0, 0.05) is 5.56 Å². The Balaban J connectivity index is 2.52. The zero-order valence-corrected chi connectivity index (χ0v) is 7.87. The smallest absolute Gasteiger partial charge is 0.153 e. The van der Waals surface area contributed by atoms with E-state index in [9.17, 15) is 4.39 Å². The first-order valence-corrected chi connectivity index (χ1v) is 4.42. The van der Waals surface area contributed by atoms with Gasteiger partial charge in [0.15, 0.2) is 5.82 Å². The van der Waals surface area contributed by atoms with Gasteiger partial charge in [0.25, 0.3) is 0 Å². The number of aliphatic hydroxyl groups is 1. The molecule has 0 aliphatic heterocycles. The van der Waals surface area contributed by atoms with Crippen molar-refractivity contribution in [3.8, 4) is 11.1 Å². The topological polar surface area (TPSA) is 74.9 Å². The van der Waals surface area contributed by atoms with E-state index in [0.717, 1.165) is 5.56 Å². The number of H-pyrrole nitrogens is 1. The van der Waals surface area contributed by atoms with E-state index in [0.29, 0.717) is 17.1 Å². The number of nitrogens with one attached hydrogen (secondary N) is 1. The Morgan fingerprint density at radius 1 is 1.33 bits per heavy atom.